The number of ether oxygens (including phenoxy) is 1. The maximum atomic E-state index is 14.9. The van der Waals surface area contributed by atoms with Crippen LogP contribution in [-0.2, 0) is 4.74 Å². The molecule has 4 nitrogen and oxygen atoms in total. The van der Waals surface area contributed by atoms with Crippen LogP contribution in [0.4, 0.5) is 8.78 Å². The minimum atomic E-state index is -1.32. The maximum absolute atomic E-state index is 14.9. The molecule has 1 aliphatic rings. The molecule has 1 rings (SSSR count). The summed E-state index contributed by atoms with van der Waals surface area (Å²) in [7, 11) is 1.83. The van der Waals surface area contributed by atoms with E-state index < -0.39 is 24.6 Å². The number of hydrogen-bond acceptors (Lipinski definition) is 4. The van der Waals surface area contributed by atoms with Crippen LogP contribution in [0.3, 0.4) is 0 Å². The van der Waals surface area contributed by atoms with Gasteiger partial charge in [0.05, 0.1) is 0 Å². The van der Waals surface area contributed by atoms with E-state index in [4.69, 9.17) is 4.74 Å². The molecule has 0 aromatic rings. The lowest BCUT2D eigenvalue weighted by molar-refractivity contribution is -0.0145. The summed E-state index contributed by atoms with van der Waals surface area (Å²) in [6.45, 7) is 15.8. The molecule has 0 saturated carbocycles. The van der Waals surface area contributed by atoms with E-state index in [1.807, 2.05) is 27.8 Å². The van der Waals surface area contributed by atoms with Crippen LogP contribution in [0, 0.1) is 11.8 Å². The summed E-state index contributed by atoms with van der Waals surface area (Å²) in [5.74, 6) is -0.243. The Morgan fingerprint density at radius 2 is 2.00 bits per heavy atom. The van der Waals surface area contributed by atoms with E-state index in [1.165, 1.54) is 0 Å². The van der Waals surface area contributed by atoms with E-state index in [2.05, 4.69) is 18.5 Å². The Morgan fingerprint density at radius 3 is 2.48 bits per heavy atom. The van der Waals surface area contributed by atoms with Crippen LogP contribution in [0.5, 0.6) is 0 Å². The monoisotopic (exact) mass is 388 g/mol. The van der Waals surface area contributed by atoms with Gasteiger partial charge in [-0.3, -0.25) is 10.2 Å². The van der Waals surface area contributed by atoms with Gasteiger partial charge < -0.3 is 9.84 Å². The Morgan fingerprint density at radius 1 is 1.37 bits per heavy atom. The molecule has 6 heteroatoms. The number of nitrogens with zero attached hydrogens (tertiary/aromatic N) is 1. The minimum Gasteiger partial charge on any atom is -0.378 e. The number of halogens is 2. The average molecular weight is 389 g/mol. The van der Waals surface area contributed by atoms with Crippen molar-refractivity contribution in [3.05, 3.63) is 24.8 Å². The fourth-order valence-electron chi connectivity index (χ4n) is 3.38. The first-order valence-corrected chi connectivity index (χ1v) is 10.0. The minimum absolute atomic E-state index is 0.0345. The molecule has 0 aromatic carbocycles. The number of alkyl halides is 2. The molecular formula is C21H38F2N2O2. The summed E-state index contributed by atoms with van der Waals surface area (Å²) < 4.78 is 34.6. The van der Waals surface area contributed by atoms with Crippen molar-refractivity contribution in [2.75, 3.05) is 13.6 Å². The SMILES string of the molecule is C=CC(C1O[C@H]1N[C@H]([C@@H](C)CC)[C@@H](F)C[C@@H](F)CC(=C)C)[C@H](O)N(C)CC. The predicted molar refractivity (Wildman–Crippen MR) is 107 cm³/mol. The first-order chi connectivity index (χ1) is 12.7. The molecule has 2 N–H and O–H groups in total. The van der Waals surface area contributed by atoms with Gasteiger partial charge in [-0.25, -0.2) is 8.78 Å². The van der Waals surface area contributed by atoms with Crippen LogP contribution in [-0.4, -0.2) is 60.5 Å². The van der Waals surface area contributed by atoms with E-state index in [9.17, 15) is 13.9 Å². The van der Waals surface area contributed by atoms with Gasteiger partial charge in [0, 0.05) is 18.4 Å². The van der Waals surface area contributed by atoms with Crippen LogP contribution in [0.1, 0.15) is 47.0 Å². The van der Waals surface area contributed by atoms with Gasteiger partial charge in [0.1, 0.15) is 30.9 Å². The van der Waals surface area contributed by atoms with Crippen LogP contribution < -0.4 is 5.32 Å². The Hall–Kier alpha value is -0.820. The zero-order valence-corrected chi connectivity index (χ0v) is 17.5. The molecule has 0 radical (unpaired) electrons. The van der Waals surface area contributed by atoms with Crippen molar-refractivity contribution < 1.29 is 18.6 Å². The molecule has 0 bridgehead atoms. The third kappa shape index (κ3) is 7.26. The second-order valence-electron chi connectivity index (χ2n) is 7.91. The van der Waals surface area contributed by atoms with Crippen LogP contribution in [0.2, 0.25) is 0 Å². The lowest BCUT2D eigenvalue weighted by Crippen LogP contribution is -2.47. The summed E-state index contributed by atoms with van der Waals surface area (Å²) in [4.78, 5) is 1.81. The molecule has 27 heavy (non-hydrogen) atoms. The number of aliphatic hydroxyl groups excluding tert-OH is 1. The Balaban J connectivity index is 2.70. The smallest absolute Gasteiger partial charge is 0.136 e. The van der Waals surface area contributed by atoms with Crippen molar-refractivity contribution in [3.8, 4) is 0 Å². The molecular weight excluding hydrogens is 350 g/mol. The number of rotatable bonds is 14. The highest BCUT2D eigenvalue weighted by atomic mass is 19.1. The first-order valence-electron chi connectivity index (χ1n) is 10.0. The lowest BCUT2D eigenvalue weighted by atomic mass is 9.91. The maximum Gasteiger partial charge on any atom is 0.136 e. The molecule has 1 heterocycles. The van der Waals surface area contributed by atoms with Crippen molar-refractivity contribution in [2.24, 2.45) is 11.8 Å². The molecule has 1 saturated heterocycles. The van der Waals surface area contributed by atoms with Crippen molar-refractivity contribution in [3.63, 3.8) is 0 Å². The predicted octanol–water partition coefficient (Wildman–Crippen LogP) is 3.82. The second kappa shape index (κ2) is 11.2. The summed E-state index contributed by atoms with van der Waals surface area (Å²) in [6.07, 6.45) is -1.39. The Kier molecular flexibility index (Phi) is 10.1. The molecule has 158 valence electrons. The van der Waals surface area contributed by atoms with Gasteiger partial charge in [-0.1, -0.05) is 38.8 Å². The van der Waals surface area contributed by atoms with Crippen molar-refractivity contribution >= 4 is 0 Å². The number of nitrogens with one attached hydrogen (secondary N) is 1. The van der Waals surface area contributed by atoms with Gasteiger partial charge in [0.25, 0.3) is 0 Å². The standard InChI is InChI=1S/C21H38F2N2O2/c1-8-14(6)18(17(23)12-15(22)11-13(4)5)24-20-19(27-20)16(9-2)21(26)25(7)10-3/h9,14-21,24,26H,2,4,8,10-12H2,1,3,5-7H3/t14-,15-,16?,17-,18+,19?,20+,21-/m0/s1. The largest absolute Gasteiger partial charge is 0.378 e. The van der Waals surface area contributed by atoms with E-state index >= 15 is 0 Å². The van der Waals surface area contributed by atoms with Crippen molar-refractivity contribution in [1.29, 1.82) is 0 Å². The molecule has 1 aliphatic heterocycles. The lowest BCUT2D eigenvalue weighted by Gasteiger charge is -2.29. The second-order valence-corrected chi connectivity index (χ2v) is 7.91. The van der Waals surface area contributed by atoms with E-state index in [1.54, 1.807) is 17.9 Å². The fourth-order valence-corrected chi connectivity index (χ4v) is 3.38. The van der Waals surface area contributed by atoms with Crippen LogP contribution in [0.15, 0.2) is 24.8 Å². The third-order valence-corrected chi connectivity index (χ3v) is 5.53. The first kappa shape index (κ1) is 24.2. The molecule has 2 unspecified atom stereocenters. The number of hydrogen-bond donors (Lipinski definition) is 2. The highest BCUT2D eigenvalue weighted by Crippen LogP contribution is 2.33. The normalized spacial score (nSPS) is 26.1. The highest BCUT2D eigenvalue weighted by Gasteiger charge is 2.49. The Labute approximate surface area is 163 Å². The molecule has 0 aliphatic carbocycles. The number of epoxide rings is 1. The summed E-state index contributed by atoms with van der Waals surface area (Å²) in [5, 5.41) is 13.6. The quantitative estimate of drug-likeness (QED) is 0.270. The zero-order valence-electron chi connectivity index (χ0n) is 17.5. The molecule has 0 aromatic heterocycles. The van der Waals surface area contributed by atoms with Gasteiger partial charge in [-0.15, -0.1) is 13.2 Å². The van der Waals surface area contributed by atoms with Crippen LogP contribution >= 0.6 is 0 Å². The third-order valence-electron chi connectivity index (χ3n) is 5.53. The van der Waals surface area contributed by atoms with E-state index in [0.717, 1.165) is 12.0 Å². The summed E-state index contributed by atoms with van der Waals surface area (Å²) in [6, 6.07) is -0.500. The van der Waals surface area contributed by atoms with Gasteiger partial charge in [-0.05, 0) is 32.9 Å². The van der Waals surface area contributed by atoms with Gasteiger partial charge >= 0.3 is 0 Å². The van der Waals surface area contributed by atoms with E-state index in [-0.39, 0.29) is 37.0 Å². The molecule has 8 atom stereocenters. The van der Waals surface area contributed by atoms with E-state index in [0.29, 0.717) is 6.54 Å². The van der Waals surface area contributed by atoms with Crippen molar-refractivity contribution in [2.45, 2.75) is 83.9 Å². The van der Waals surface area contributed by atoms with Gasteiger partial charge in [0.2, 0.25) is 0 Å². The zero-order chi connectivity index (χ0) is 20.7. The highest BCUT2D eigenvalue weighted by molar-refractivity contribution is 5.02. The van der Waals surface area contributed by atoms with Crippen molar-refractivity contribution in [1.82, 2.24) is 10.2 Å². The average Bonchev–Trinajstić information content (AvgIpc) is 3.36. The Bertz CT molecular complexity index is 477. The topological polar surface area (TPSA) is 48.0 Å². The summed E-state index contributed by atoms with van der Waals surface area (Å²) in [5.41, 5.74) is 0.719. The van der Waals surface area contributed by atoms with Gasteiger partial charge in [0.15, 0.2) is 0 Å². The van der Waals surface area contributed by atoms with Gasteiger partial charge in [-0.2, -0.15) is 0 Å². The molecule has 0 amide bonds. The fraction of sp³-hybridized carbons (Fsp3) is 0.810. The van der Waals surface area contributed by atoms with Crippen LogP contribution in [0.25, 0.3) is 0 Å². The number of allylic oxidation sites excluding steroid dienone is 1. The number of aliphatic hydroxyl groups is 1. The molecule has 0 spiro atoms. The molecule has 1 fully saturated rings. The summed E-state index contributed by atoms with van der Waals surface area (Å²) >= 11 is 0.